The van der Waals surface area contributed by atoms with Crippen molar-refractivity contribution in [2.45, 2.75) is 32.4 Å². The van der Waals surface area contributed by atoms with Crippen molar-refractivity contribution < 1.29 is 26.4 Å². The highest BCUT2D eigenvalue weighted by Crippen LogP contribution is 2.29. The van der Waals surface area contributed by atoms with E-state index in [4.69, 9.17) is 0 Å². The van der Waals surface area contributed by atoms with Gasteiger partial charge in [0.15, 0.2) is 0 Å². The number of anilines is 1. The molecule has 0 atom stereocenters. The Morgan fingerprint density at radius 2 is 1.75 bits per heavy atom. The lowest BCUT2D eigenvalue weighted by Crippen LogP contribution is -2.38. The first-order valence-corrected chi connectivity index (χ1v) is 9.31. The van der Waals surface area contributed by atoms with Gasteiger partial charge in [-0.3, -0.25) is 4.79 Å². The molecule has 0 aliphatic rings. The number of benzene rings is 1. The van der Waals surface area contributed by atoms with Gasteiger partial charge < -0.3 is 5.32 Å². The highest BCUT2D eigenvalue weighted by molar-refractivity contribution is 7.88. The van der Waals surface area contributed by atoms with Crippen molar-refractivity contribution in [3.8, 4) is 0 Å². The summed E-state index contributed by atoms with van der Waals surface area (Å²) < 4.78 is 61.9. The first-order chi connectivity index (χ1) is 11.0. The van der Waals surface area contributed by atoms with Gasteiger partial charge in [0.1, 0.15) is 0 Å². The Bertz CT molecular complexity index is 643. The van der Waals surface area contributed by atoms with Gasteiger partial charge in [0, 0.05) is 12.2 Å². The molecule has 9 heteroatoms. The fourth-order valence-corrected chi connectivity index (χ4v) is 2.82. The predicted octanol–water partition coefficient (Wildman–Crippen LogP) is 3.10. The molecule has 0 radical (unpaired) electrons. The zero-order chi connectivity index (χ0) is 18.4. The monoisotopic (exact) mass is 366 g/mol. The zero-order valence-electron chi connectivity index (χ0n) is 13.6. The number of amides is 1. The maximum absolute atomic E-state index is 12.5. The molecule has 1 N–H and O–H groups in total. The van der Waals surface area contributed by atoms with E-state index in [1.165, 1.54) is 0 Å². The predicted molar refractivity (Wildman–Crippen MR) is 86.0 cm³/mol. The molecule has 5 nitrogen and oxygen atoms in total. The number of nitrogens with one attached hydrogen (secondary N) is 1. The van der Waals surface area contributed by atoms with Gasteiger partial charge in [0.05, 0.1) is 18.4 Å². The number of hydrogen-bond acceptors (Lipinski definition) is 3. The average Bonchev–Trinajstić information content (AvgIpc) is 2.45. The molecule has 0 bridgehead atoms. The summed E-state index contributed by atoms with van der Waals surface area (Å²) in [6.45, 7) is 1.83. The van der Waals surface area contributed by atoms with E-state index >= 15 is 0 Å². The summed E-state index contributed by atoms with van der Waals surface area (Å²) in [4.78, 5) is 11.9. The van der Waals surface area contributed by atoms with Crippen LogP contribution in [0.25, 0.3) is 0 Å². The molecule has 0 heterocycles. The van der Waals surface area contributed by atoms with Crippen LogP contribution in [0, 0.1) is 0 Å². The Morgan fingerprint density at radius 1 is 1.17 bits per heavy atom. The summed E-state index contributed by atoms with van der Waals surface area (Å²) in [7, 11) is -3.54. The van der Waals surface area contributed by atoms with Crippen LogP contribution in [-0.4, -0.2) is 38.0 Å². The second-order valence-electron chi connectivity index (χ2n) is 5.43. The maximum Gasteiger partial charge on any atom is 0.416 e. The molecule has 0 spiro atoms. The molecule has 0 saturated carbocycles. The van der Waals surface area contributed by atoms with Gasteiger partial charge in [-0.2, -0.15) is 17.5 Å². The summed E-state index contributed by atoms with van der Waals surface area (Å²) in [5, 5.41) is 2.40. The minimum atomic E-state index is -4.45. The van der Waals surface area contributed by atoms with Crippen LogP contribution in [0.4, 0.5) is 18.9 Å². The van der Waals surface area contributed by atoms with Crippen LogP contribution in [0.1, 0.15) is 31.7 Å². The Balaban J connectivity index is 2.68. The third-order valence-corrected chi connectivity index (χ3v) is 4.55. The largest absolute Gasteiger partial charge is 0.416 e. The molecule has 0 saturated heterocycles. The summed E-state index contributed by atoms with van der Waals surface area (Å²) in [5.41, 5.74) is -0.646. The first-order valence-electron chi connectivity index (χ1n) is 7.46. The van der Waals surface area contributed by atoms with Crippen LogP contribution < -0.4 is 5.32 Å². The number of carbonyl (C=O) groups excluding carboxylic acids is 1. The Labute approximate surface area is 139 Å². The second-order valence-corrected chi connectivity index (χ2v) is 7.41. The summed E-state index contributed by atoms with van der Waals surface area (Å²) >= 11 is 0. The van der Waals surface area contributed by atoms with Crippen molar-refractivity contribution >= 4 is 21.6 Å². The average molecular weight is 366 g/mol. The molecule has 1 amide bonds. The van der Waals surface area contributed by atoms with Crippen LogP contribution in [0.15, 0.2) is 24.3 Å². The molecule has 1 rings (SSSR count). The summed E-state index contributed by atoms with van der Waals surface area (Å²) in [6.07, 6.45) is -1.04. The Kier molecular flexibility index (Phi) is 7.22. The number of nitrogens with zero attached hydrogens (tertiary/aromatic N) is 1. The standard InChI is InChI=1S/C15H21F3N2O3S/c1-3-4-5-10-20(24(2,22)23)11-14(21)19-13-8-6-12(7-9-13)15(16,17)18/h6-9H,3-5,10-11H2,1-2H3,(H,19,21). The maximum atomic E-state index is 12.5. The SMILES string of the molecule is CCCCCN(CC(=O)Nc1ccc(C(F)(F)F)cc1)S(C)(=O)=O. The molecule has 136 valence electrons. The quantitative estimate of drug-likeness (QED) is 0.719. The number of unbranched alkanes of at least 4 members (excludes halogenated alkanes) is 2. The van der Waals surface area contributed by atoms with E-state index in [0.717, 1.165) is 47.7 Å². The van der Waals surface area contributed by atoms with Crippen molar-refractivity contribution in [2.75, 3.05) is 24.7 Å². The topological polar surface area (TPSA) is 66.5 Å². The molecule has 1 aromatic carbocycles. The fraction of sp³-hybridized carbons (Fsp3) is 0.533. The third-order valence-electron chi connectivity index (χ3n) is 3.30. The Morgan fingerprint density at radius 3 is 2.21 bits per heavy atom. The van der Waals surface area contributed by atoms with Gasteiger partial charge in [-0.15, -0.1) is 0 Å². The number of alkyl halides is 3. The van der Waals surface area contributed by atoms with Crippen LogP contribution in [0.3, 0.4) is 0 Å². The molecule has 24 heavy (non-hydrogen) atoms. The molecule has 0 unspecified atom stereocenters. The smallest absolute Gasteiger partial charge is 0.325 e. The van der Waals surface area contributed by atoms with E-state index < -0.39 is 27.7 Å². The zero-order valence-corrected chi connectivity index (χ0v) is 14.4. The minimum Gasteiger partial charge on any atom is -0.325 e. The van der Waals surface area contributed by atoms with Crippen LogP contribution in [-0.2, 0) is 21.0 Å². The van der Waals surface area contributed by atoms with Crippen molar-refractivity contribution in [3.05, 3.63) is 29.8 Å². The highest BCUT2D eigenvalue weighted by atomic mass is 32.2. The lowest BCUT2D eigenvalue weighted by atomic mass is 10.2. The molecule has 1 aromatic rings. The van der Waals surface area contributed by atoms with Crippen molar-refractivity contribution in [1.82, 2.24) is 4.31 Å². The minimum absolute atomic E-state index is 0.176. The number of halogens is 3. The lowest BCUT2D eigenvalue weighted by Gasteiger charge is -2.19. The van der Waals surface area contributed by atoms with E-state index in [1.807, 2.05) is 6.92 Å². The van der Waals surface area contributed by atoms with Gasteiger partial charge in [-0.05, 0) is 30.7 Å². The van der Waals surface area contributed by atoms with Crippen molar-refractivity contribution in [3.63, 3.8) is 0 Å². The normalized spacial score (nSPS) is 12.4. The van der Waals surface area contributed by atoms with Gasteiger partial charge in [0.25, 0.3) is 0 Å². The van der Waals surface area contributed by atoms with Crippen molar-refractivity contribution in [1.29, 1.82) is 0 Å². The van der Waals surface area contributed by atoms with Crippen LogP contribution in [0.5, 0.6) is 0 Å². The van der Waals surface area contributed by atoms with Crippen LogP contribution >= 0.6 is 0 Å². The summed E-state index contributed by atoms with van der Waals surface area (Å²) in [6, 6.07) is 3.96. The highest BCUT2D eigenvalue weighted by Gasteiger charge is 2.30. The lowest BCUT2D eigenvalue weighted by molar-refractivity contribution is -0.137. The van der Waals surface area contributed by atoms with E-state index in [1.54, 1.807) is 0 Å². The van der Waals surface area contributed by atoms with E-state index in [2.05, 4.69) is 5.32 Å². The molecule has 0 aromatic heterocycles. The van der Waals surface area contributed by atoms with Gasteiger partial charge in [-0.25, -0.2) is 8.42 Å². The molecule has 0 aliphatic carbocycles. The van der Waals surface area contributed by atoms with E-state index in [-0.39, 0.29) is 18.8 Å². The summed E-state index contributed by atoms with van der Waals surface area (Å²) in [5.74, 6) is -0.600. The number of hydrogen-bond donors (Lipinski definition) is 1. The number of rotatable bonds is 8. The molecule has 0 aliphatic heterocycles. The van der Waals surface area contributed by atoms with Gasteiger partial charge >= 0.3 is 6.18 Å². The van der Waals surface area contributed by atoms with Gasteiger partial charge in [0.2, 0.25) is 15.9 Å². The fourth-order valence-electron chi connectivity index (χ4n) is 2.00. The molecule has 0 fully saturated rings. The second kappa shape index (κ2) is 8.48. The third kappa shape index (κ3) is 6.88. The number of sulfonamides is 1. The van der Waals surface area contributed by atoms with Crippen molar-refractivity contribution in [2.24, 2.45) is 0 Å². The van der Waals surface area contributed by atoms with E-state index in [0.29, 0.717) is 6.42 Å². The molecular weight excluding hydrogens is 345 g/mol. The van der Waals surface area contributed by atoms with Crippen LogP contribution in [0.2, 0.25) is 0 Å². The van der Waals surface area contributed by atoms with Gasteiger partial charge in [-0.1, -0.05) is 19.8 Å². The van der Waals surface area contributed by atoms with E-state index in [9.17, 15) is 26.4 Å². The molecular formula is C15H21F3N2O3S. The number of carbonyl (C=O) groups is 1. The first kappa shape index (κ1) is 20.4. The Hall–Kier alpha value is -1.61.